The Labute approximate surface area is 243 Å². The normalized spacial score (nSPS) is 12.0. The first kappa shape index (κ1) is 32.3. The smallest absolute Gasteiger partial charge is 0.303 e. The number of aryl methyl sites for hydroxylation is 2. The van der Waals surface area contributed by atoms with Crippen molar-refractivity contribution in [3.63, 3.8) is 0 Å². The van der Waals surface area contributed by atoms with Gasteiger partial charge < -0.3 is 30.5 Å². The van der Waals surface area contributed by atoms with Gasteiger partial charge in [0.1, 0.15) is 5.75 Å². The molecule has 222 valence electrons. The largest absolute Gasteiger partial charge is 0.508 e. The highest BCUT2D eigenvalue weighted by molar-refractivity contribution is 5.67. The summed E-state index contributed by atoms with van der Waals surface area (Å²) >= 11 is 0. The van der Waals surface area contributed by atoms with Crippen LogP contribution in [0.25, 0.3) is 11.1 Å². The Hall–Kier alpha value is -3.23. The van der Waals surface area contributed by atoms with E-state index in [1.165, 1.54) is 17.2 Å². The number of aliphatic hydroxyl groups is 2. The Morgan fingerprint density at radius 3 is 2.32 bits per heavy atom. The average Bonchev–Trinajstić information content (AvgIpc) is 2.99. The van der Waals surface area contributed by atoms with Crippen molar-refractivity contribution in [2.75, 3.05) is 26.3 Å². The lowest BCUT2D eigenvalue weighted by Gasteiger charge is -2.14. The molecule has 1 unspecified atom stereocenters. The van der Waals surface area contributed by atoms with Gasteiger partial charge in [-0.1, -0.05) is 67.4 Å². The van der Waals surface area contributed by atoms with Crippen molar-refractivity contribution in [2.24, 2.45) is 0 Å². The molecule has 3 aromatic carbocycles. The van der Waals surface area contributed by atoms with E-state index in [1.54, 1.807) is 12.1 Å². The first-order valence-corrected chi connectivity index (χ1v) is 14.8. The number of ether oxygens (including phenoxy) is 1. The molecule has 0 aromatic heterocycles. The molecule has 0 amide bonds. The van der Waals surface area contributed by atoms with Crippen LogP contribution in [0.3, 0.4) is 0 Å². The van der Waals surface area contributed by atoms with Crippen LogP contribution in [0.15, 0.2) is 66.7 Å². The van der Waals surface area contributed by atoms with Gasteiger partial charge in [-0.25, -0.2) is 0 Å². The third-order valence-electron chi connectivity index (χ3n) is 7.23. The lowest BCUT2D eigenvalue weighted by atomic mass is 9.99. The average molecular weight is 564 g/mol. The molecule has 0 spiro atoms. The number of rotatable bonds is 20. The number of aliphatic hydroxyl groups excluding tert-OH is 2. The maximum absolute atomic E-state index is 10.8. The summed E-state index contributed by atoms with van der Waals surface area (Å²) in [5.41, 5.74) is 5.80. The van der Waals surface area contributed by atoms with Crippen molar-refractivity contribution in [2.45, 2.75) is 70.5 Å². The van der Waals surface area contributed by atoms with Crippen LogP contribution in [0.4, 0.5) is 0 Å². The molecule has 0 bridgehead atoms. The molecule has 0 heterocycles. The van der Waals surface area contributed by atoms with Crippen LogP contribution in [-0.4, -0.2) is 52.7 Å². The minimum Gasteiger partial charge on any atom is -0.508 e. The topological polar surface area (TPSA) is 119 Å². The summed E-state index contributed by atoms with van der Waals surface area (Å²) in [4.78, 5) is 10.8. The monoisotopic (exact) mass is 563 g/mol. The maximum Gasteiger partial charge on any atom is 0.303 e. The van der Waals surface area contributed by atoms with Crippen LogP contribution in [0.5, 0.6) is 5.75 Å². The van der Waals surface area contributed by atoms with E-state index in [4.69, 9.17) is 9.84 Å². The minimum atomic E-state index is -0.769. The zero-order valence-electron chi connectivity index (χ0n) is 23.9. The first-order valence-electron chi connectivity index (χ1n) is 14.8. The van der Waals surface area contributed by atoms with Gasteiger partial charge in [-0.15, -0.1) is 0 Å². The molecule has 3 rings (SSSR count). The van der Waals surface area contributed by atoms with Crippen LogP contribution in [0.1, 0.15) is 73.3 Å². The predicted molar refractivity (Wildman–Crippen MR) is 162 cm³/mol. The summed E-state index contributed by atoms with van der Waals surface area (Å²) in [5, 5.41) is 41.3. The number of phenols is 1. The quantitative estimate of drug-likeness (QED) is 0.110. The van der Waals surface area contributed by atoms with Crippen LogP contribution in [0, 0.1) is 0 Å². The van der Waals surface area contributed by atoms with Gasteiger partial charge in [0.15, 0.2) is 0 Å². The number of nitrogens with one attached hydrogen (secondary N) is 1. The lowest BCUT2D eigenvalue weighted by molar-refractivity contribution is -0.136. The zero-order valence-corrected chi connectivity index (χ0v) is 23.9. The summed E-state index contributed by atoms with van der Waals surface area (Å²) in [6, 6.07) is 21.6. The van der Waals surface area contributed by atoms with Crippen molar-refractivity contribution in [3.8, 4) is 16.9 Å². The molecule has 0 aliphatic heterocycles. The summed E-state index contributed by atoms with van der Waals surface area (Å²) in [6.45, 7) is 2.59. The number of carboxylic acids is 1. The van der Waals surface area contributed by atoms with Crippen LogP contribution >= 0.6 is 0 Å². The summed E-state index contributed by atoms with van der Waals surface area (Å²) in [5.74, 6) is -0.729. The molecule has 1 atom stereocenters. The molecule has 7 heteroatoms. The van der Waals surface area contributed by atoms with Gasteiger partial charge in [0.2, 0.25) is 0 Å². The molecule has 0 radical (unpaired) electrons. The van der Waals surface area contributed by atoms with E-state index in [9.17, 15) is 20.1 Å². The molecular weight excluding hydrogens is 518 g/mol. The van der Waals surface area contributed by atoms with Crippen molar-refractivity contribution in [1.82, 2.24) is 5.32 Å². The van der Waals surface area contributed by atoms with Gasteiger partial charge in [0.25, 0.3) is 0 Å². The van der Waals surface area contributed by atoms with Gasteiger partial charge in [-0.3, -0.25) is 4.79 Å². The second-order valence-corrected chi connectivity index (χ2v) is 10.5. The molecule has 0 aliphatic rings. The maximum atomic E-state index is 10.8. The van der Waals surface area contributed by atoms with E-state index in [-0.39, 0.29) is 18.8 Å². The predicted octanol–water partition coefficient (Wildman–Crippen LogP) is 5.79. The number of hydrogen-bond acceptors (Lipinski definition) is 6. The van der Waals surface area contributed by atoms with Crippen LogP contribution in [-0.2, 0) is 29.0 Å². The highest BCUT2D eigenvalue weighted by atomic mass is 16.5. The third-order valence-corrected chi connectivity index (χ3v) is 7.23. The fraction of sp³-hybridized carbons (Fsp3) is 0.441. The van der Waals surface area contributed by atoms with Gasteiger partial charge in [0.05, 0.1) is 12.7 Å². The number of benzene rings is 3. The second kappa shape index (κ2) is 18.3. The van der Waals surface area contributed by atoms with E-state index in [2.05, 4.69) is 41.7 Å². The van der Waals surface area contributed by atoms with Gasteiger partial charge in [-0.05, 0) is 85.0 Å². The Morgan fingerprint density at radius 1 is 0.805 bits per heavy atom. The van der Waals surface area contributed by atoms with E-state index in [0.29, 0.717) is 24.1 Å². The first-order chi connectivity index (χ1) is 20.0. The fourth-order valence-corrected chi connectivity index (χ4v) is 4.76. The van der Waals surface area contributed by atoms with Crippen LogP contribution in [0.2, 0.25) is 0 Å². The van der Waals surface area contributed by atoms with E-state index in [0.717, 1.165) is 75.8 Å². The molecule has 0 saturated carbocycles. The van der Waals surface area contributed by atoms with Gasteiger partial charge >= 0.3 is 5.97 Å². The molecule has 5 N–H and O–H groups in total. The number of aromatic hydroxyl groups is 1. The Balaban J connectivity index is 1.18. The molecule has 3 aromatic rings. The van der Waals surface area contributed by atoms with Crippen LogP contribution < -0.4 is 5.32 Å². The number of unbranched alkanes of at least 4 members (excludes halogenated alkanes) is 4. The molecule has 41 heavy (non-hydrogen) atoms. The van der Waals surface area contributed by atoms with E-state index >= 15 is 0 Å². The minimum absolute atomic E-state index is 0.0406. The molecule has 0 fully saturated rings. The highest BCUT2D eigenvalue weighted by Gasteiger charge is 2.10. The Bertz CT molecular complexity index is 1180. The number of carboxylic acid groups (broad SMARTS) is 1. The zero-order chi connectivity index (χ0) is 29.3. The molecule has 0 saturated heterocycles. The number of carbonyl (C=O) groups is 1. The standard InChI is InChI=1S/C34H45NO6/c36-25-31-23-30(16-17-32(31)37)33(38)24-35-19-4-1-2-5-20-41-21-6-3-8-27-9-7-10-29(22-27)28-14-11-26(12-15-28)13-18-34(39)40/h7,9-12,14-17,22-23,33,35-38H,1-6,8,13,18-21,24-25H2,(H,39,40). The SMILES string of the molecule is O=C(O)CCc1ccc(-c2cccc(CCCCOCCCCCCNCC(O)c3ccc(O)c(CO)c3)c2)cc1. The molecular formula is C34H45NO6. The summed E-state index contributed by atoms with van der Waals surface area (Å²) in [6.07, 6.45) is 7.50. The third kappa shape index (κ3) is 12.0. The van der Waals surface area contributed by atoms with E-state index < -0.39 is 12.1 Å². The fourth-order valence-electron chi connectivity index (χ4n) is 4.76. The lowest BCUT2D eigenvalue weighted by Crippen LogP contribution is -2.22. The highest BCUT2D eigenvalue weighted by Crippen LogP contribution is 2.23. The van der Waals surface area contributed by atoms with Gasteiger partial charge in [-0.2, -0.15) is 0 Å². The Morgan fingerprint density at radius 2 is 1.56 bits per heavy atom. The van der Waals surface area contributed by atoms with Gasteiger partial charge in [0, 0.05) is 31.7 Å². The van der Waals surface area contributed by atoms with Crippen molar-refractivity contribution < 1.29 is 30.0 Å². The summed E-state index contributed by atoms with van der Waals surface area (Å²) < 4.78 is 5.82. The summed E-state index contributed by atoms with van der Waals surface area (Å²) in [7, 11) is 0. The van der Waals surface area contributed by atoms with Crippen molar-refractivity contribution >= 4 is 5.97 Å². The van der Waals surface area contributed by atoms with Crippen molar-refractivity contribution in [1.29, 1.82) is 0 Å². The Kier molecular flexibility index (Phi) is 14.4. The number of aliphatic carboxylic acids is 1. The second-order valence-electron chi connectivity index (χ2n) is 10.5. The molecule has 7 nitrogen and oxygen atoms in total. The van der Waals surface area contributed by atoms with Crippen molar-refractivity contribution in [3.05, 3.63) is 89.0 Å². The number of hydrogen-bond donors (Lipinski definition) is 5. The van der Waals surface area contributed by atoms with E-state index in [1.807, 2.05) is 12.1 Å². The molecule has 0 aliphatic carbocycles.